The number of amides is 1. The van der Waals surface area contributed by atoms with Gasteiger partial charge in [-0.2, -0.15) is 0 Å². The van der Waals surface area contributed by atoms with Crippen LogP contribution in [0.3, 0.4) is 0 Å². The molecule has 2 heterocycles. The number of hydrogen-bond acceptors (Lipinski definition) is 4. The second-order valence-electron chi connectivity index (χ2n) is 6.50. The quantitative estimate of drug-likeness (QED) is 0.819. The first-order chi connectivity index (χ1) is 12.2. The number of benzene rings is 1. The number of para-hydroxylation sites is 1. The average Bonchev–Trinajstić information content (AvgIpc) is 3.03. The van der Waals surface area contributed by atoms with Crippen LogP contribution < -0.4 is 0 Å². The Labute approximate surface area is 148 Å². The van der Waals surface area contributed by atoms with Crippen LogP contribution in [0.4, 0.5) is 0 Å². The molecule has 25 heavy (non-hydrogen) atoms. The lowest BCUT2D eigenvalue weighted by atomic mass is 10.2. The number of fused-ring (bicyclic) bond motifs is 1. The van der Waals surface area contributed by atoms with E-state index < -0.39 is 6.10 Å². The van der Waals surface area contributed by atoms with Crippen LogP contribution in [-0.4, -0.2) is 77.4 Å². The summed E-state index contributed by atoms with van der Waals surface area (Å²) in [5.74, 6) is 0.149. The Hall–Kier alpha value is -1.89. The zero-order valence-electron chi connectivity index (χ0n) is 14.8. The number of aliphatic hydroxyl groups excluding tert-OH is 1. The normalized spacial score (nSPS) is 17.1. The van der Waals surface area contributed by atoms with E-state index in [0.717, 1.165) is 24.0 Å². The van der Waals surface area contributed by atoms with E-state index in [4.69, 9.17) is 4.74 Å². The second-order valence-corrected chi connectivity index (χ2v) is 6.50. The van der Waals surface area contributed by atoms with Gasteiger partial charge in [0.05, 0.1) is 12.7 Å². The van der Waals surface area contributed by atoms with Gasteiger partial charge in [-0.3, -0.25) is 9.69 Å². The predicted molar refractivity (Wildman–Crippen MR) is 97.5 cm³/mol. The van der Waals surface area contributed by atoms with E-state index in [9.17, 15) is 9.90 Å². The molecule has 0 unspecified atom stereocenters. The van der Waals surface area contributed by atoms with Gasteiger partial charge in [0.25, 0.3) is 0 Å². The molecule has 6 nitrogen and oxygen atoms in total. The van der Waals surface area contributed by atoms with Crippen LogP contribution in [0, 0.1) is 0 Å². The van der Waals surface area contributed by atoms with Crippen molar-refractivity contribution in [2.45, 2.75) is 19.6 Å². The molecule has 1 aromatic heterocycles. The number of nitrogens with zero attached hydrogens (tertiary/aromatic N) is 3. The lowest BCUT2D eigenvalue weighted by Crippen LogP contribution is -2.51. The summed E-state index contributed by atoms with van der Waals surface area (Å²) in [4.78, 5) is 16.7. The van der Waals surface area contributed by atoms with Crippen molar-refractivity contribution < 1.29 is 14.6 Å². The van der Waals surface area contributed by atoms with Crippen molar-refractivity contribution in [3.8, 4) is 0 Å². The lowest BCUT2D eigenvalue weighted by molar-refractivity contribution is -0.133. The highest BCUT2D eigenvalue weighted by atomic mass is 16.5. The van der Waals surface area contributed by atoms with Gasteiger partial charge < -0.3 is 19.3 Å². The van der Waals surface area contributed by atoms with Crippen molar-refractivity contribution in [2.75, 3.05) is 45.9 Å². The van der Waals surface area contributed by atoms with Crippen molar-refractivity contribution >= 4 is 16.8 Å². The summed E-state index contributed by atoms with van der Waals surface area (Å²) in [7, 11) is 0. The number of carbonyl (C=O) groups is 1. The van der Waals surface area contributed by atoms with Crippen LogP contribution in [0.5, 0.6) is 0 Å². The monoisotopic (exact) mass is 345 g/mol. The van der Waals surface area contributed by atoms with E-state index >= 15 is 0 Å². The first-order valence-electron chi connectivity index (χ1n) is 8.97. The molecule has 1 saturated heterocycles. The Morgan fingerprint density at radius 2 is 1.96 bits per heavy atom. The van der Waals surface area contributed by atoms with Crippen LogP contribution in [0.15, 0.2) is 36.5 Å². The van der Waals surface area contributed by atoms with Crippen molar-refractivity contribution in [1.82, 2.24) is 14.4 Å². The summed E-state index contributed by atoms with van der Waals surface area (Å²) in [5, 5.41) is 11.1. The molecule has 2 aromatic rings. The molecule has 136 valence electrons. The van der Waals surface area contributed by atoms with Gasteiger partial charge in [-0.05, 0) is 24.4 Å². The lowest BCUT2D eigenvalue weighted by Gasteiger charge is -2.35. The van der Waals surface area contributed by atoms with E-state index in [2.05, 4.69) is 11.0 Å². The molecule has 1 aliphatic heterocycles. The fourth-order valence-electron chi connectivity index (χ4n) is 3.31. The number of carbonyl (C=O) groups excluding carboxylic acids is 1. The fourth-order valence-corrected chi connectivity index (χ4v) is 3.31. The van der Waals surface area contributed by atoms with Gasteiger partial charge >= 0.3 is 0 Å². The molecule has 1 aromatic carbocycles. The molecule has 1 aliphatic rings. The Morgan fingerprint density at radius 3 is 2.72 bits per heavy atom. The first kappa shape index (κ1) is 17.9. The van der Waals surface area contributed by atoms with Gasteiger partial charge in [0.15, 0.2) is 0 Å². The number of aliphatic hydroxyl groups is 1. The van der Waals surface area contributed by atoms with Gasteiger partial charge in [-0.15, -0.1) is 0 Å². The van der Waals surface area contributed by atoms with Crippen LogP contribution in [-0.2, 0) is 16.1 Å². The highest BCUT2D eigenvalue weighted by Gasteiger charge is 2.22. The number of aromatic nitrogens is 1. The number of piperazine rings is 1. The zero-order chi connectivity index (χ0) is 17.6. The number of ether oxygens (including phenoxy) is 1. The van der Waals surface area contributed by atoms with E-state index in [1.807, 2.05) is 46.9 Å². The van der Waals surface area contributed by atoms with Gasteiger partial charge in [-0.25, -0.2) is 0 Å². The van der Waals surface area contributed by atoms with Crippen LogP contribution in [0.2, 0.25) is 0 Å². The smallest absolute Gasteiger partial charge is 0.242 e. The van der Waals surface area contributed by atoms with E-state index in [0.29, 0.717) is 39.4 Å². The van der Waals surface area contributed by atoms with E-state index in [1.54, 1.807) is 0 Å². The molecule has 0 spiro atoms. The van der Waals surface area contributed by atoms with E-state index in [-0.39, 0.29) is 5.91 Å². The minimum atomic E-state index is -0.464. The standard InChI is InChI=1S/C19H27N3O3/c1-2-25-15-17(23)13-20-9-11-21(12-10-20)19(24)14-22-8-7-16-5-3-4-6-18(16)22/h3-8,17,23H,2,9-15H2,1H3/t17-/m0/s1. The minimum absolute atomic E-state index is 0.149. The molecule has 1 N–H and O–H groups in total. The van der Waals surface area contributed by atoms with Gasteiger partial charge in [0, 0.05) is 51.0 Å². The Kier molecular flexibility index (Phi) is 6.07. The third kappa shape index (κ3) is 4.60. The van der Waals surface area contributed by atoms with Crippen molar-refractivity contribution in [2.24, 2.45) is 0 Å². The van der Waals surface area contributed by atoms with Crippen molar-refractivity contribution in [3.63, 3.8) is 0 Å². The molecular formula is C19H27N3O3. The maximum atomic E-state index is 12.6. The second kappa shape index (κ2) is 8.47. The number of hydrogen-bond donors (Lipinski definition) is 1. The summed E-state index contributed by atoms with van der Waals surface area (Å²) >= 11 is 0. The number of β-amino-alcohol motifs (C(OH)–C–C–N with tert-alkyl or cyclic N) is 1. The molecule has 0 bridgehead atoms. The maximum absolute atomic E-state index is 12.6. The molecule has 1 amide bonds. The van der Waals surface area contributed by atoms with Crippen molar-refractivity contribution in [3.05, 3.63) is 36.5 Å². The van der Waals surface area contributed by atoms with Crippen LogP contribution in [0.1, 0.15) is 6.92 Å². The molecule has 6 heteroatoms. The molecule has 1 fully saturated rings. The Morgan fingerprint density at radius 1 is 1.20 bits per heavy atom. The Bertz CT molecular complexity index is 692. The molecule has 0 saturated carbocycles. The van der Waals surface area contributed by atoms with E-state index in [1.165, 1.54) is 0 Å². The molecule has 0 aliphatic carbocycles. The van der Waals surface area contributed by atoms with Gasteiger partial charge in [-0.1, -0.05) is 18.2 Å². The summed E-state index contributed by atoms with van der Waals surface area (Å²) in [5.41, 5.74) is 1.09. The largest absolute Gasteiger partial charge is 0.389 e. The first-order valence-corrected chi connectivity index (χ1v) is 8.97. The van der Waals surface area contributed by atoms with Gasteiger partial charge in [0.1, 0.15) is 6.54 Å². The minimum Gasteiger partial charge on any atom is -0.389 e. The van der Waals surface area contributed by atoms with Gasteiger partial charge in [0.2, 0.25) is 5.91 Å². The maximum Gasteiger partial charge on any atom is 0.242 e. The third-order valence-corrected chi connectivity index (χ3v) is 4.69. The predicted octanol–water partition coefficient (Wildman–Crippen LogP) is 1.18. The highest BCUT2D eigenvalue weighted by molar-refractivity contribution is 5.83. The van der Waals surface area contributed by atoms with Crippen LogP contribution in [0.25, 0.3) is 10.9 Å². The zero-order valence-corrected chi connectivity index (χ0v) is 14.8. The average molecular weight is 345 g/mol. The molecule has 0 radical (unpaired) electrons. The molecule has 1 atom stereocenters. The fraction of sp³-hybridized carbons (Fsp3) is 0.526. The Balaban J connectivity index is 1.48. The highest BCUT2D eigenvalue weighted by Crippen LogP contribution is 2.15. The summed E-state index contributed by atoms with van der Waals surface area (Å²) in [6.07, 6.45) is 1.51. The summed E-state index contributed by atoms with van der Waals surface area (Å²) in [6.45, 7) is 6.89. The molecule has 3 rings (SSSR count). The third-order valence-electron chi connectivity index (χ3n) is 4.69. The topological polar surface area (TPSA) is 57.9 Å². The van der Waals surface area contributed by atoms with Crippen LogP contribution >= 0.6 is 0 Å². The SMILES string of the molecule is CCOC[C@@H](O)CN1CCN(C(=O)Cn2ccc3ccccc32)CC1. The van der Waals surface area contributed by atoms with Crippen molar-refractivity contribution in [1.29, 1.82) is 0 Å². The number of rotatable bonds is 7. The summed E-state index contributed by atoms with van der Waals surface area (Å²) < 4.78 is 7.26. The molecular weight excluding hydrogens is 318 g/mol. The summed E-state index contributed by atoms with van der Waals surface area (Å²) in [6, 6.07) is 10.1.